The molecule has 1 aliphatic heterocycles. The van der Waals surface area contributed by atoms with E-state index in [1.165, 1.54) is 0 Å². The lowest BCUT2D eigenvalue weighted by Crippen LogP contribution is -2.20. The zero-order chi connectivity index (χ0) is 13.2. The molecule has 0 aromatic heterocycles. The van der Waals surface area contributed by atoms with E-state index < -0.39 is 0 Å². The summed E-state index contributed by atoms with van der Waals surface area (Å²) in [6.45, 7) is 3.31. The van der Waals surface area contributed by atoms with Crippen LogP contribution >= 0.6 is 0 Å². The Kier molecular flexibility index (Phi) is 2.95. The number of benzene rings is 2. The summed E-state index contributed by atoms with van der Waals surface area (Å²) in [4.78, 5) is 12.6. The van der Waals surface area contributed by atoms with Crippen LogP contribution in [0.5, 0.6) is 5.75 Å². The minimum absolute atomic E-state index is 0.0126. The van der Waals surface area contributed by atoms with Crippen molar-refractivity contribution in [2.24, 2.45) is 0 Å². The van der Waals surface area contributed by atoms with E-state index in [4.69, 9.17) is 4.74 Å². The van der Waals surface area contributed by atoms with Crippen molar-refractivity contribution in [3.05, 3.63) is 59.2 Å². The molecule has 3 nitrogen and oxygen atoms in total. The van der Waals surface area contributed by atoms with Gasteiger partial charge in [-0.15, -0.1) is 0 Å². The van der Waals surface area contributed by atoms with Gasteiger partial charge in [0.25, 0.3) is 0 Å². The summed E-state index contributed by atoms with van der Waals surface area (Å²) in [6.07, 6.45) is 0. The Morgan fingerprint density at radius 1 is 1.11 bits per heavy atom. The second-order valence-corrected chi connectivity index (χ2v) is 4.60. The first kappa shape index (κ1) is 11.8. The summed E-state index contributed by atoms with van der Waals surface area (Å²) in [5.74, 6) is 0.681. The minimum atomic E-state index is 0.0126. The molecule has 0 saturated carbocycles. The molecule has 2 aromatic rings. The van der Waals surface area contributed by atoms with E-state index in [0.29, 0.717) is 17.9 Å². The topological polar surface area (TPSA) is 38.3 Å². The fourth-order valence-electron chi connectivity index (χ4n) is 2.32. The zero-order valence-electron chi connectivity index (χ0n) is 10.8. The van der Waals surface area contributed by atoms with Crippen LogP contribution < -0.4 is 10.1 Å². The maximum absolute atomic E-state index is 12.6. The van der Waals surface area contributed by atoms with E-state index in [-0.39, 0.29) is 5.78 Å². The molecule has 3 rings (SSSR count). The lowest BCUT2D eigenvalue weighted by molar-refractivity contribution is 0.103. The number of hydrogen-bond donors (Lipinski definition) is 1. The zero-order valence-corrected chi connectivity index (χ0v) is 10.8. The third kappa shape index (κ3) is 2.08. The fourth-order valence-corrected chi connectivity index (χ4v) is 2.32. The van der Waals surface area contributed by atoms with Crippen molar-refractivity contribution in [3.63, 3.8) is 0 Å². The Hall–Kier alpha value is -2.29. The van der Waals surface area contributed by atoms with Gasteiger partial charge in [-0.3, -0.25) is 4.79 Å². The second kappa shape index (κ2) is 4.76. The monoisotopic (exact) mass is 253 g/mol. The Labute approximate surface area is 112 Å². The van der Waals surface area contributed by atoms with Gasteiger partial charge in [-0.1, -0.05) is 30.3 Å². The number of aryl methyl sites for hydroxylation is 1. The first-order chi connectivity index (χ1) is 9.27. The summed E-state index contributed by atoms with van der Waals surface area (Å²) in [5, 5.41) is 3.25. The number of hydrogen-bond acceptors (Lipinski definition) is 3. The molecule has 0 fully saturated rings. The van der Waals surface area contributed by atoms with E-state index in [0.717, 1.165) is 23.4 Å². The van der Waals surface area contributed by atoms with Gasteiger partial charge in [-0.25, -0.2) is 0 Å². The van der Waals surface area contributed by atoms with E-state index in [2.05, 4.69) is 5.32 Å². The van der Waals surface area contributed by atoms with Gasteiger partial charge < -0.3 is 10.1 Å². The number of ether oxygens (including phenoxy) is 1. The number of anilines is 1. The summed E-state index contributed by atoms with van der Waals surface area (Å²) >= 11 is 0. The quantitative estimate of drug-likeness (QED) is 0.836. The highest BCUT2D eigenvalue weighted by Gasteiger charge is 2.20. The van der Waals surface area contributed by atoms with Crippen LogP contribution in [-0.4, -0.2) is 18.9 Å². The number of para-hydroxylation sites is 1. The standard InChI is InChI=1S/C16H15NO2/c1-11-5-2-3-6-12(11)15(18)13-7-4-8-14-16(13)19-10-9-17-14/h2-8,17H,9-10H2,1H3. The Balaban J connectivity index is 2.08. The summed E-state index contributed by atoms with van der Waals surface area (Å²) < 4.78 is 5.65. The fraction of sp³-hybridized carbons (Fsp3) is 0.188. The Morgan fingerprint density at radius 3 is 2.74 bits per heavy atom. The third-order valence-electron chi connectivity index (χ3n) is 3.31. The van der Waals surface area contributed by atoms with Gasteiger partial charge >= 0.3 is 0 Å². The molecule has 1 N–H and O–H groups in total. The van der Waals surface area contributed by atoms with Crippen molar-refractivity contribution < 1.29 is 9.53 Å². The van der Waals surface area contributed by atoms with E-state index in [9.17, 15) is 4.79 Å². The van der Waals surface area contributed by atoms with E-state index >= 15 is 0 Å². The van der Waals surface area contributed by atoms with Crippen LogP contribution in [0.15, 0.2) is 42.5 Å². The predicted octanol–water partition coefficient (Wildman–Crippen LogP) is 3.03. The Morgan fingerprint density at radius 2 is 1.89 bits per heavy atom. The highest BCUT2D eigenvalue weighted by molar-refractivity contribution is 6.12. The maximum atomic E-state index is 12.6. The molecule has 1 heterocycles. The van der Waals surface area contributed by atoms with Crippen LogP contribution in [0.2, 0.25) is 0 Å². The molecule has 0 radical (unpaired) electrons. The highest BCUT2D eigenvalue weighted by atomic mass is 16.5. The molecular weight excluding hydrogens is 238 g/mol. The van der Waals surface area contributed by atoms with E-state index in [1.54, 1.807) is 0 Å². The average molecular weight is 253 g/mol. The van der Waals surface area contributed by atoms with Crippen LogP contribution in [0.25, 0.3) is 0 Å². The molecule has 19 heavy (non-hydrogen) atoms. The molecule has 2 aromatic carbocycles. The van der Waals surface area contributed by atoms with Gasteiger partial charge in [-0.05, 0) is 24.6 Å². The summed E-state index contributed by atoms with van der Waals surface area (Å²) in [5.41, 5.74) is 3.23. The van der Waals surface area contributed by atoms with Crippen molar-refractivity contribution in [3.8, 4) is 5.75 Å². The van der Waals surface area contributed by atoms with Gasteiger partial charge in [0.15, 0.2) is 11.5 Å². The Bertz CT molecular complexity index is 634. The van der Waals surface area contributed by atoms with E-state index in [1.807, 2.05) is 49.4 Å². The molecule has 0 amide bonds. The maximum Gasteiger partial charge on any atom is 0.197 e. The summed E-state index contributed by atoms with van der Waals surface area (Å²) in [6, 6.07) is 13.3. The number of carbonyl (C=O) groups excluding carboxylic acids is 1. The van der Waals surface area contributed by atoms with Crippen LogP contribution in [0.1, 0.15) is 21.5 Å². The van der Waals surface area contributed by atoms with Crippen molar-refractivity contribution in [2.45, 2.75) is 6.92 Å². The average Bonchev–Trinajstić information content (AvgIpc) is 2.46. The normalized spacial score (nSPS) is 13.1. The number of nitrogens with one attached hydrogen (secondary N) is 1. The molecule has 0 aliphatic carbocycles. The van der Waals surface area contributed by atoms with Crippen molar-refractivity contribution in [1.29, 1.82) is 0 Å². The molecule has 0 atom stereocenters. The van der Waals surface area contributed by atoms with Crippen LogP contribution in [0.3, 0.4) is 0 Å². The molecule has 0 bridgehead atoms. The number of carbonyl (C=O) groups is 1. The molecule has 0 unspecified atom stereocenters. The van der Waals surface area contributed by atoms with Gasteiger partial charge in [0.05, 0.1) is 11.3 Å². The largest absolute Gasteiger partial charge is 0.489 e. The van der Waals surface area contributed by atoms with Crippen LogP contribution in [-0.2, 0) is 0 Å². The first-order valence-corrected chi connectivity index (χ1v) is 6.37. The molecule has 0 saturated heterocycles. The minimum Gasteiger partial charge on any atom is -0.489 e. The second-order valence-electron chi connectivity index (χ2n) is 4.60. The van der Waals surface area contributed by atoms with Crippen molar-refractivity contribution >= 4 is 11.5 Å². The smallest absolute Gasteiger partial charge is 0.197 e. The van der Waals surface area contributed by atoms with Crippen LogP contribution in [0, 0.1) is 6.92 Å². The van der Waals surface area contributed by atoms with Crippen LogP contribution in [0.4, 0.5) is 5.69 Å². The van der Waals surface area contributed by atoms with Gasteiger partial charge in [-0.2, -0.15) is 0 Å². The molecule has 96 valence electrons. The molecule has 3 heteroatoms. The third-order valence-corrected chi connectivity index (χ3v) is 3.31. The van der Waals surface area contributed by atoms with Crippen molar-refractivity contribution in [2.75, 3.05) is 18.5 Å². The SMILES string of the molecule is Cc1ccccc1C(=O)c1cccc2c1OCCN2. The molecule has 0 spiro atoms. The lowest BCUT2D eigenvalue weighted by atomic mass is 9.98. The highest BCUT2D eigenvalue weighted by Crippen LogP contribution is 2.32. The van der Waals surface area contributed by atoms with Gasteiger partial charge in [0, 0.05) is 12.1 Å². The van der Waals surface area contributed by atoms with Gasteiger partial charge in [0.2, 0.25) is 0 Å². The number of ketones is 1. The number of rotatable bonds is 2. The summed E-state index contributed by atoms with van der Waals surface area (Å²) in [7, 11) is 0. The molecule has 1 aliphatic rings. The molecular formula is C16H15NO2. The number of fused-ring (bicyclic) bond motifs is 1. The van der Waals surface area contributed by atoms with Gasteiger partial charge in [0.1, 0.15) is 6.61 Å². The lowest BCUT2D eigenvalue weighted by Gasteiger charge is -2.21. The predicted molar refractivity (Wildman–Crippen MR) is 75.0 cm³/mol. The first-order valence-electron chi connectivity index (χ1n) is 6.37. The van der Waals surface area contributed by atoms with Crippen molar-refractivity contribution in [1.82, 2.24) is 0 Å².